The lowest BCUT2D eigenvalue weighted by Gasteiger charge is -2.18. The van der Waals surface area contributed by atoms with Gasteiger partial charge >= 0.3 is 0 Å². The molecule has 4 aromatic rings. The van der Waals surface area contributed by atoms with Gasteiger partial charge in [0.25, 0.3) is 0 Å². The molecule has 0 fully saturated rings. The van der Waals surface area contributed by atoms with Gasteiger partial charge in [-0.1, -0.05) is 129 Å². The Labute approximate surface area is 174 Å². The van der Waals surface area contributed by atoms with E-state index in [0.717, 1.165) is 0 Å². The average Bonchev–Trinajstić information content (AvgIpc) is 2.79. The van der Waals surface area contributed by atoms with E-state index in [-0.39, 0.29) is 0 Å². The minimum Gasteiger partial charge on any atom is -0.0622 e. The quantitative estimate of drug-likeness (QED) is 0.312. The third-order valence-corrected chi connectivity index (χ3v) is 5.30. The summed E-state index contributed by atoms with van der Waals surface area (Å²) in [6.07, 6.45) is 0. The topological polar surface area (TPSA) is 0 Å². The molecule has 0 saturated carbocycles. The van der Waals surface area contributed by atoms with Gasteiger partial charge in [-0.15, -0.1) is 0 Å². The van der Waals surface area contributed by atoms with Crippen molar-refractivity contribution in [3.05, 3.63) is 143 Å². The van der Waals surface area contributed by atoms with E-state index in [0.29, 0.717) is 5.92 Å². The zero-order valence-electron chi connectivity index (χ0n) is 17.0. The molecule has 0 N–H and O–H groups in total. The molecule has 29 heavy (non-hydrogen) atoms. The smallest absolute Gasteiger partial charge is 0.00268 e. The van der Waals surface area contributed by atoms with Gasteiger partial charge in [-0.2, -0.15) is 0 Å². The molecule has 0 radical (unpaired) electrons. The first-order chi connectivity index (χ1) is 14.2. The van der Waals surface area contributed by atoms with E-state index in [4.69, 9.17) is 0 Å². The predicted molar refractivity (Wildman–Crippen MR) is 125 cm³/mol. The van der Waals surface area contributed by atoms with Crippen LogP contribution in [0.15, 0.2) is 115 Å². The molecule has 0 bridgehead atoms. The lowest BCUT2D eigenvalue weighted by atomic mass is 9.85. The van der Waals surface area contributed by atoms with Crippen molar-refractivity contribution in [2.24, 2.45) is 0 Å². The molecule has 0 heterocycles. The maximum absolute atomic E-state index is 2.27. The van der Waals surface area contributed by atoms with Crippen molar-refractivity contribution in [3.8, 4) is 0 Å². The van der Waals surface area contributed by atoms with Gasteiger partial charge in [0.05, 0.1) is 0 Å². The highest BCUT2D eigenvalue weighted by molar-refractivity contribution is 6.04. The third-order valence-electron chi connectivity index (χ3n) is 5.30. The Morgan fingerprint density at radius 2 is 0.724 bits per heavy atom. The molecule has 142 valence electrons. The van der Waals surface area contributed by atoms with E-state index in [1.165, 1.54) is 39.0 Å². The van der Waals surface area contributed by atoms with E-state index in [9.17, 15) is 0 Å². The standard InChI is InChI=1S/C29H26/c1-22(2)23-18-20-27(21-19-23)29(26-16-10-5-11-17-26)28(24-12-6-3-7-13-24)25-14-8-4-9-15-25/h3-22H,1-2H3. The van der Waals surface area contributed by atoms with Crippen LogP contribution in [0.25, 0.3) is 11.1 Å². The first kappa shape index (κ1) is 19.0. The zero-order chi connectivity index (χ0) is 20.1. The second-order valence-corrected chi connectivity index (χ2v) is 7.62. The fourth-order valence-electron chi connectivity index (χ4n) is 3.76. The Bertz CT molecular complexity index is 1030. The summed E-state index contributed by atoms with van der Waals surface area (Å²) >= 11 is 0. The van der Waals surface area contributed by atoms with Crippen LogP contribution >= 0.6 is 0 Å². The molecule has 0 nitrogen and oxygen atoms in total. The Morgan fingerprint density at radius 1 is 0.414 bits per heavy atom. The summed E-state index contributed by atoms with van der Waals surface area (Å²) in [6.45, 7) is 4.48. The zero-order valence-corrected chi connectivity index (χ0v) is 17.0. The summed E-state index contributed by atoms with van der Waals surface area (Å²) in [7, 11) is 0. The van der Waals surface area contributed by atoms with Crippen molar-refractivity contribution < 1.29 is 0 Å². The molecule has 4 rings (SSSR count). The number of hydrogen-bond donors (Lipinski definition) is 0. The molecule has 0 atom stereocenters. The van der Waals surface area contributed by atoms with Crippen molar-refractivity contribution >= 4 is 11.1 Å². The summed E-state index contributed by atoms with van der Waals surface area (Å²) < 4.78 is 0. The number of benzene rings is 4. The van der Waals surface area contributed by atoms with Gasteiger partial charge in [0.15, 0.2) is 0 Å². The monoisotopic (exact) mass is 374 g/mol. The highest BCUT2D eigenvalue weighted by Gasteiger charge is 2.16. The molecule has 4 aromatic carbocycles. The van der Waals surface area contributed by atoms with Crippen LogP contribution in [0.3, 0.4) is 0 Å². The van der Waals surface area contributed by atoms with Gasteiger partial charge in [-0.25, -0.2) is 0 Å². The molecule has 0 aromatic heterocycles. The minimum atomic E-state index is 0.524. The van der Waals surface area contributed by atoms with Crippen LogP contribution in [0.4, 0.5) is 0 Å². The second kappa shape index (κ2) is 8.75. The van der Waals surface area contributed by atoms with E-state index in [2.05, 4.69) is 129 Å². The number of rotatable bonds is 5. The molecular weight excluding hydrogens is 348 g/mol. The van der Waals surface area contributed by atoms with Crippen LogP contribution in [0.5, 0.6) is 0 Å². The first-order valence-corrected chi connectivity index (χ1v) is 10.2. The van der Waals surface area contributed by atoms with Gasteiger partial charge in [0, 0.05) is 0 Å². The lowest BCUT2D eigenvalue weighted by molar-refractivity contribution is 0.866. The van der Waals surface area contributed by atoms with Crippen molar-refractivity contribution in [2.75, 3.05) is 0 Å². The summed E-state index contributed by atoms with van der Waals surface area (Å²) in [6, 6.07) is 41.2. The van der Waals surface area contributed by atoms with Crippen LogP contribution < -0.4 is 0 Å². The Hall–Kier alpha value is -3.38. The van der Waals surface area contributed by atoms with Gasteiger partial charge in [0.2, 0.25) is 0 Å². The second-order valence-electron chi connectivity index (χ2n) is 7.62. The lowest BCUT2D eigenvalue weighted by Crippen LogP contribution is -1.98. The van der Waals surface area contributed by atoms with Crippen LogP contribution in [0.1, 0.15) is 47.6 Å². The highest BCUT2D eigenvalue weighted by atomic mass is 14.2. The molecule has 0 saturated heterocycles. The maximum Gasteiger partial charge on any atom is -0.00268 e. The molecule has 0 amide bonds. The van der Waals surface area contributed by atoms with Crippen molar-refractivity contribution in [3.63, 3.8) is 0 Å². The number of hydrogen-bond acceptors (Lipinski definition) is 0. The fraction of sp³-hybridized carbons (Fsp3) is 0.103. The summed E-state index contributed by atoms with van der Waals surface area (Å²) in [4.78, 5) is 0. The van der Waals surface area contributed by atoms with Crippen LogP contribution in [0, 0.1) is 0 Å². The van der Waals surface area contributed by atoms with Crippen molar-refractivity contribution in [1.82, 2.24) is 0 Å². The molecule has 0 unspecified atom stereocenters. The van der Waals surface area contributed by atoms with Crippen LogP contribution in [-0.2, 0) is 0 Å². The molecule has 0 aliphatic carbocycles. The SMILES string of the molecule is CC(C)c1ccc(C(=C(c2ccccc2)c2ccccc2)c2ccccc2)cc1. The van der Waals surface area contributed by atoms with E-state index >= 15 is 0 Å². The molecule has 0 aliphatic heterocycles. The van der Waals surface area contributed by atoms with Crippen molar-refractivity contribution in [1.29, 1.82) is 0 Å². The van der Waals surface area contributed by atoms with Crippen molar-refractivity contribution in [2.45, 2.75) is 19.8 Å². The van der Waals surface area contributed by atoms with Gasteiger partial charge in [0.1, 0.15) is 0 Å². The van der Waals surface area contributed by atoms with Gasteiger partial charge in [-0.05, 0) is 44.9 Å². The Morgan fingerprint density at radius 3 is 1.03 bits per heavy atom. The summed E-state index contributed by atoms with van der Waals surface area (Å²) in [5.74, 6) is 0.524. The largest absolute Gasteiger partial charge is 0.0622 e. The third kappa shape index (κ3) is 4.22. The average molecular weight is 375 g/mol. The molecule has 0 aliphatic rings. The van der Waals surface area contributed by atoms with Gasteiger partial charge in [-0.3, -0.25) is 0 Å². The molecular formula is C29H26. The minimum absolute atomic E-state index is 0.524. The Balaban J connectivity index is 2.04. The van der Waals surface area contributed by atoms with Crippen LogP contribution in [-0.4, -0.2) is 0 Å². The maximum atomic E-state index is 2.27. The molecule has 0 heteroatoms. The predicted octanol–water partition coefficient (Wildman–Crippen LogP) is 7.82. The normalized spacial score (nSPS) is 10.7. The Kier molecular flexibility index (Phi) is 5.72. The highest BCUT2D eigenvalue weighted by Crippen LogP contribution is 2.37. The van der Waals surface area contributed by atoms with E-state index < -0.39 is 0 Å². The van der Waals surface area contributed by atoms with Gasteiger partial charge < -0.3 is 0 Å². The summed E-state index contributed by atoms with van der Waals surface area (Å²) in [5.41, 5.74) is 8.81. The fourth-order valence-corrected chi connectivity index (χ4v) is 3.76. The van der Waals surface area contributed by atoms with Crippen LogP contribution in [0.2, 0.25) is 0 Å². The van der Waals surface area contributed by atoms with E-state index in [1.54, 1.807) is 0 Å². The first-order valence-electron chi connectivity index (χ1n) is 10.2. The van der Waals surface area contributed by atoms with E-state index in [1.807, 2.05) is 0 Å². The molecule has 0 spiro atoms. The summed E-state index contributed by atoms with van der Waals surface area (Å²) in [5, 5.41) is 0.